The number of rotatable bonds is 4. The summed E-state index contributed by atoms with van der Waals surface area (Å²) in [5, 5.41) is 0. The predicted molar refractivity (Wildman–Crippen MR) is 87.3 cm³/mol. The average molecular weight is 384 g/mol. The molecule has 0 spiro atoms. The Bertz CT molecular complexity index is 745. The number of carbonyl (C=O) groups is 1. The third kappa shape index (κ3) is 3.48. The number of hydrogen-bond donors (Lipinski definition) is 0. The number of carbonyl (C=O) groups excluding carboxylic acids is 1. The Kier molecular flexibility index (Phi) is 5.20. The highest BCUT2D eigenvalue weighted by Crippen LogP contribution is 2.26. The molecular weight excluding hydrogens is 370 g/mol. The van der Waals surface area contributed by atoms with Crippen molar-refractivity contribution in [2.24, 2.45) is 0 Å². The van der Waals surface area contributed by atoms with E-state index in [0.717, 1.165) is 4.47 Å². The molecule has 0 saturated carbocycles. The van der Waals surface area contributed by atoms with Gasteiger partial charge in [0.25, 0.3) is 10.0 Å². The Hall–Kier alpha value is -1.86. The van der Waals surface area contributed by atoms with Gasteiger partial charge >= 0.3 is 6.09 Å². The molecule has 0 atom stereocenters. The van der Waals surface area contributed by atoms with E-state index in [2.05, 4.69) is 15.9 Å². The number of halogens is 1. The van der Waals surface area contributed by atoms with Gasteiger partial charge in [0.05, 0.1) is 17.2 Å². The van der Waals surface area contributed by atoms with Crippen LogP contribution in [0.3, 0.4) is 0 Å². The number of sulfonamides is 1. The Labute approximate surface area is 137 Å². The van der Waals surface area contributed by atoms with Crippen molar-refractivity contribution in [3.05, 3.63) is 59.1 Å². The zero-order valence-electron chi connectivity index (χ0n) is 11.8. The Morgan fingerprint density at radius 3 is 2.23 bits per heavy atom. The van der Waals surface area contributed by atoms with Crippen LogP contribution in [-0.2, 0) is 14.8 Å². The van der Waals surface area contributed by atoms with Gasteiger partial charge in [0.2, 0.25) is 0 Å². The number of amides is 1. The molecule has 5 nitrogen and oxygen atoms in total. The molecular formula is C15H14BrNO4S. The van der Waals surface area contributed by atoms with Crippen LogP contribution < -0.4 is 4.31 Å². The van der Waals surface area contributed by atoms with E-state index in [1.54, 1.807) is 37.3 Å². The minimum Gasteiger partial charge on any atom is -0.449 e. The summed E-state index contributed by atoms with van der Waals surface area (Å²) in [7, 11) is -4.04. The van der Waals surface area contributed by atoms with Crippen LogP contribution in [0.15, 0.2) is 64.0 Å². The zero-order chi connectivity index (χ0) is 16.2. The number of ether oxygens (including phenoxy) is 1. The van der Waals surface area contributed by atoms with Crippen LogP contribution in [0.25, 0.3) is 0 Å². The van der Waals surface area contributed by atoms with Gasteiger partial charge in [0.15, 0.2) is 0 Å². The molecule has 0 saturated heterocycles. The summed E-state index contributed by atoms with van der Waals surface area (Å²) in [5.41, 5.74) is 0.213. The number of anilines is 1. The predicted octanol–water partition coefficient (Wildman–Crippen LogP) is 3.80. The van der Waals surface area contributed by atoms with E-state index < -0.39 is 16.1 Å². The van der Waals surface area contributed by atoms with Crippen molar-refractivity contribution in [2.75, 3.05) is 10.9 Å². The van der Waals surface area contributed by atoms with Crippen molar-refractivity contribution in [3.63, 3.8) is 0 Å². The van der Waals surface area contributed by atoms with E-state index >= 15 is 0 Å². The third-order valence-electron chi connectivity index (χ3n) is 2.78. The summed E-state index contributed by atoms with van der Waals surface area (Å²) in [5.74, 6) is 0. The fourth-order valence-corrected chi connectivity index (χ4v) is 3.42. The van der Waals surface area contributed by atoms with Crippen LogP contribution in [0.5, 0.6) is 0 Å². The number of hydrogen-bond acceptors (Lipinski definition) is 4. The third-order valence-corrected chi connectivity index (χ3v) is 5.01. The quantitative estimate of drug-likeness (QED) is 0.805. The van der Waals surface area contributed by atoms with Crippen molar-refractivity contribution in [1.82, 2.24) is 0 Å². The van der Waals surface area contributed by atoms with E-state index in [4.69, 9.17) is 4.74 Å². The Morgan fingerprint density at radius 2 is 1.68 bits per heavy atom. The highest BCUT2D eigenvalue weighted by molar-refractivity contribution is 9.10. The first-order valence-electron chi connectivity index (χ1n) is 6.49. The van der Waals surface area contributed by atoms with Crippen LogP contribution in [0.2, 0.25) is 0 Å². The lowest BCUT2D eigenvalue weighted by Gasteiger charge is -2.21. The summed E-state index contributed by atoms with van der Waals surface area (Å²) in [6.45, 7) is 1.70. The first-order valence-corrected chi connectivity index (χ1v) is 8.73. The zero-order valence-corrected chi connectivity index (χ0v) is 14.2. The monoisotopic (exact) mass is 383 g/mol. The second-order valence-electron chi connectivity index (χ2n) is 4.26. The molecule has 22 heavy (non-hydrogen) atoms. The van der Waals surface area contributed by atoms with Gasteiger partial charge in [-0.25, -0.2) is 13.2 Å². The molecule has 0 fully saturated rings. The molecule has 0 aliphatic heterocycles. The maximum atomic E-state index is 12.7. The Balaban J connectivity index is 2.54. The molecule has 2 aromatic carbocycles. The minimum atomic E-state index is -4.04. The summed E-state index contributed by atoms with van der Waals surface area (Å²) in [6, 6.07) is 14.1. The summed E-state index contributed by atoms with van der Waals surface area (Å²) >= 11 is 3.27. The van der Waals surface area contributed by atoms with Gasteiger partial charge in [-0.1, -0.05) is 34.1 Å². The lowest BCUT2D eigenvalue weighted by molar-refractivity contribution is 0.164. The lowest BCUT2D eigenvalue weighted by Crippen LogP contribution is -2.37. The molecule has 2 rings (SSSR count). The fourth-order valence-electron chi connectivity index (χ4n) is 1.80. The van der Waals surface area contributed by atoms with Crippen molar-refractivity contribution in [2.45, 2.75) is 11.8 Å². The maximum absolute atomic E-state index is 12.7. The molecule has 2 aromatic rings. The van der Waals surface area contributed by atoms with E-state index in [9.17, 15) is 13.2 Å². The molecule has 0 bridgehead atoms. The van der Waals surface area contributed by atoms with Gasteiger partial charge in [-0.3, -0.25) is 0 Å². The van der Waals surface area contributed by atoms with Crippen LogP contribution in [0, 0.1) is 0 Å². The highest BCUT2D eigenvalue weighted by atomic mass is 79.9. The van der Waals surface area contributed by atoms with Gasteiger partial charge in [-0.2, -0.15) is 4.31 Å². The molecule has 0 radical (unpaired) electrons. The molecule has 0 N–H and O–H groups in total. The molecule has 1 amide bonds. The normalized spacial score (nSPS) is 11.0. The lowest BCUT2D eigenvalue weighted by atomic mass is 10.3. The van der Waals surface area contributed by atoms with Crippen molar-refractivity contribution >= 4 is 37.7 Å². The molecule has 0 aliphatic rings. The van der Waals surface area contributed by atoms with E-state index in [1.165, 1.54) is 24.3 Å². The standard InChI is InChI=1S/C15H14BrNO4S/c1-2-21-15(18)17(13-10-8-12(16)9-11-13)22(19,20)14-6-4-3-5-7-14/h3-11H,2H2,1H3. The topological polar surface area (TPSA) is 63.7 Å². The average Bonchev–Trinajstić information content (AvgIpc) is 2.50. The SMILES string of the molecule is CCOC(=O)N(c1ccc(Br)cc1)S(=O)(=O)c1ccccc1. The van der Waals surface area contributed by atoms with Gasteiger partial charge in [0.1, 0.15) is 0 Å². The van der Waals surface area contributed by atoms with Crippen LogP contribution in [-0.4, -0.2) is 21.1 Å². The van der Waals surface area contributed by atoms with Gasteiger partial charge in [0, 0.05) is 4.47 Å². The molecule has 0 heterocycles. The van der Waals surface area contributed by atoms with E-state index in [1.807, 2.05) is 0 Å². The van der Waals surface area contributed by atoms with Crippen LogP contribution >= 0.6 is 15.9 Å². The Morgan fingerprint density at radius 1 is 1.09 bits per heavy atom. The summed E-state index contributed by atoms with van der Waals surface area (Å²) < 4.78 is 31.8. The summed E-state index contributed by atoms with van der Waals surface area (Å²) in [6.07, 6.45) is -0.936. The highest BCUT2D eigenvalue weighted by Gasteiger charge is 2.32. The number of nitrogens with zero attached hydrogens (tertiary/aromatic N) is 1. The van der Waals surface area contributed by atoms with E-state index in [0.29, 0.717) is 4.31 Å². The van der Waals surface area contributed by atoms with Crippen molar-refractivity contribution in [1.29, 1.82) is 0 Å². The van der Waals surface area contributed by atoms with Gasteiger partial charge in [-0.15, -0.1) is 0 Å². The summed E-state index contributed by atoms with van der Waals surface area (Å²) in [4.78, 5) is 12.2. The van der Waals surface area contributed by atoms with Crippen LogP contribution in [0.1, 0.15) is 6.92 Å². The first-order chi connectivity index (χ1) is 10.5. The first kappa shape index (κ1) is 16.5. The fraction of sp³-hybridized carbons (Fsp3) is 0.133. The molecule has 0 unspecified atom stereocenters. The minimum absolute atomic E-state index is 0.0194. The maximum Gasteiger partial charge on any atom is 0.428 e. The van der Waals surface area contributed by atoms with Gasteiger partial charge in [-0.05, 0) is 43.3 Å². The number of benzene rings is 2. The molecule has 0 aliphatic carbocycles. The molecule has 7 heteroatoms. The van der Waals surface area contributed by atoms with Gasteiger partial charge < -0.3 is 4.74 Å². The molecule has 0 aromatic heterocycles. The second-order valence-corrected chi connectivity index (χ2v) is 6.96. The second kappa shape index (κ2) is 6.93. The molecule has 116 valence electrons. The van der Waals surface area contributed by atoms with Crippen molar-refractivity contribution < 1.29 is 17.9 Å². The van der Waals surface area contributed by atoms with E-state index in [-0.39, 0.29) is 17.2 Å². The van der Waals surface area contributed by atoms with Crippen molar-refractivity contribution in [3.8, 4) is 0 Å². The van der Waals surface area contributed by atoms with Crippen LogP contribution in [0.4, 0.5) is 10.5 Å². The smallest absolute Gasteiger partial charge is 0.428 e. The largest absolute Gasteiger partial charge is 0.449 e.